The number of piperidine rings is 1. The molecule has 0 radical (unpaired) electrons. The zero-order valence-electron chi connectivity index (χ0n) is 18.6. The van der Waals surface area contributed by atoms with Crippen molar-refractivity contribution in [2.24, 2.45) is 0 Å². The Bertz CT molecular complexity index is 1220. The average Bonchev–Trinajstić information content (AvgIpc) is 3.21. The molecule has 166 valence electrons. The molecule has 4 aromatic rings. The Labute approximate surface area is 198 Å². The topological polar surface area (TPSA) is 36.4 Å². The summed E-state index contributed by atoms with van der Waals surface area (Å²) in [5.41, 5.74) is 5.68. The fourth-order valence-corrected chi connectivity index (χ4v) is 6.35. The number of benzene rings is 3. The van der Waals surface area contributed by atoms with E-state index in [1.165, 1.54) is 20.8 Å². The average molecular weight is 454 g/mol. The third-order valence-electron chi connectivity index (χ3n) is 6.98. The Kier molecular flexibility index (Phi) is 5.44. The lowest BCUT2D eigenvalue weighted by atomic mass is 9.97. The molecule has 0 bridgehead atoms. The van der Waals surface area contributed by atoms with Gasteiger partial charge in [-0.2, -0.15) is 0 Å². The number of para-hydroxylation sites is 3. The number of aryl methyl sites for hydroxylation is 2. The lowest BCUT2D eigenvalue weighted by molar-refractivity contribution is -0.119. The van der Waals surface area contributed by atoms with Gasteiger partial charge in [-0.05, 0) is 74.2 Å². The van der Waals surface area contributed by atoms with Gasteiger partial charge in [-0.25, -0.2) is 4.98 Å². The van der Waals surface area contributed by atoms with E-state index in [4.69, 9.17) is 4.98 Å². The van der Waals surface area contributed by atoms with Crippen LogP contribution in [0, 0.1) is 0 Å². The molecule has 0 N–H and O–H groups in total. The molecule has 3 heterocycles. The molecule has 0 atom stereocenters. The molecule has 6 rings (SSSR count). The summed E-state index contributed by atoms with van der Waals surface area (Å²) in [6.07, 6.45) is 4.04. The molecular formula is C28H27N3OS. The van der Waals surface area contributed by atoms with Gasteiger partial charge in [0.05, 0.1) is 33.1 Å². The second-order valence-electron chi connectivity index (χ2n) is 9.06. The fourth-order valence-electron chi connectivity index (χ4n) is 5.21. The van der Waals surface area contributed by atoms with E-state index < -0.39 is 0 Å². The van der Waals surface area contributed by atoms with Crippen LogP contribution in [-0.4, -0.2) is 35.4 Å². The minimum Gasteiger partial charge on any atom is -0.294 e. The van der Waals surface area contributed by atoms with Crippen LogP contribution in [0.5, 0.6) is 0 Å². The van der Waals surface area contributed by atoms with Gasteiger partial charge in [-0.3, -0.25) is 14.6 Å². The standard InChI is InChI=1S/C28H27N3OS/c32-27(31-24-10-4-1-7-20(24)13-14-21-8-2-5-11-25(21)31)19-30-17-15-22(16-18-30)28-29-23-9-3-6-12-26(23)33-28/h1-12,22H,13-19H2. The molecule has 0 spiro atoms. The number of nitrogens with zero attached hydrogens (tertiary/aromatic N) is 3. The maximum absolute atomic E-state index is 13.7. The Morgan fingerprint density at radius 2 is 1.45 bits per heavy atom. The number of rotatable bonds is 3. The zero-order valence-corrected chi connectivity index (χ0v) is 19.4. The Morgan fingerprint density at radius 1 is 0.848 bits per heavy atom. The molecule has 0 saturated carbocycles. The number of likely N-dealkylation sites (tertiary alicyclic amines) is 1. The monoisotopic (exact) mass is 453 g/mol. The normalized spacial score (nSPS) is 16.9. The minimum atomic E-state index is 0.162. The molecule has 1 fully saturated rings. The first-order valence-electron chi connectivity index (χ1n) is 11.8. The van der Waals surface area contributed by atoms with E-state index in [-0.39, 0.29) is 5.91 Å². The van der Waals surface area contributed by atoms with Crippen molar-refractivity contribution >= 4 is 38.8 Å². The minimum absolute atomic E-state index is 0.162. The van der Waals surface area contributed by atoms with Crippen LogP contribution < -0.4 is 4.90 Å². The Balaban J connectivity index is 1.19. The van der Waals surface area contributed by atoms with E-state index >= 15 is 0 Å². The lowest BCUT2D eigenvalue weighted by Gasteiger charge is -2.33. The van der Waals surface area contributed by atoms with Gasteiger partial charge in [-0.1, -0.05) is 48.5 Å². The highest BCUT2D eigenvalue weighted by Gasteiger charge is 2.29. The van der Waals surface area contributed by atoms with Gasteiger partial charge in [-0.15, -0.1) is 11.3 Å². The number of anilines is 2. The van der Waals surface area contributed by atoms with Crippen LogP contribution in [0.15, 0.2) is 72.8 Å². The van der Waals surface area contributed by atoms with E-state index in [2.05, 4.69) is 65.6 Å². The number of thiazole rings is 1. The van der Waals surface area contributed by atoms with Crippen LogP contribution in [0.3, 0.4) is 0 Å². The van der Waals surface area contributed by atoms with Crippen LogP contribution in [0.1, 0.15) is 34.9 Å². The summed E-state index contributed by atoms with van der Waals surface area (Å²) in [6.45, 7) is 2.32. The quantitative estimate of drug-likeness (QED) is 0.385. The summed E-state index contributed by atoms with van der Waals surface area (Å²) >= 11 is 1.82. The molecule has 1 aromatic heterocycles. The van der Waals surface area contributed by atoms with Crippen LogP contribution in [0.25, 0.3) is 10.2 Å². The van der Waals surface area contributed by atoms with E-state index in [0.29, 0.717) is 12.5 Å². The number of amides is 1. The van der Waals surface area contributed by atoms with Crippen molar-refractivity contribution in [2.45, 2.75) is 31.6 Å². The van der Waals surface area contributed by atoms with Gasteiger partial charge in [0, 0.05) is 5.92 Å². The van der Waals surface area contributed by atoms with Crippen molar-refractivity contribution in [3.05, 3.63) is 88.9 Å². The third kappa shape index (κ3) is 3.96. The molecule has 0 aliphatic carbocycles. The van der Waals surface area contributed by atoms with Crippen molar-refractivity contribution in [3.8, 4) is 0 Å². The van der Waals surface area contributed by atoms with Crippen molar-refractivity contribution in [1.29, 1.82) is 0 Å². The summed E-state index contributed by atoms with van der Waals surface area (Å²) in [4.78, 5) is 22.9. The van der Waals surface area contributed by atoms with Gasteiger partial charge < -0.3 is 0 Å². The van der Waals surface area contributed by atoms with E-state index in [1.54, 1.807) is 0 Å². The fraction of sp³-hybridized carbons (Fsp3) is 0.286. The first kappa shape index (κ1) is 20.6. The number of hydrogen-bond acceptors (Lipinski definition) is 4. The molecule has 1 amide bonds. The molecule has 1 saturated heterocycles. The second-order valence-corrected chi connectivity index (χ2v) is 10.1. The maximum Gasteiger partial charge on any atom is 0.245 e. The number of fused-ring (bicyclic) bond motifs is 3. The first-order chi connectivity index (χ1) is 16.3. The SMILES string of the molecule is O=C(CN1CCC(c2nc3ccccc3s2)CC1)N1c2ccccc2CCc2ccccc21. The number of aromatic nitrogens is 1. The van der Waals surface area contributed by atoms with Gasteiger partial charge in [0.25, 0.3) is 0 Å². The molecular weight excluding hydrogens is 426 g/mol. The van der Waals surface area contributed by atoms with E-state index in [0.717, 1.165) is 55.7 Å². The summed E-state index contributed by atoms with van der Waals surface area (Å²) in [5.74, 6) is 0.656. The summed E-state index contributed by atoms with van der Waals surface area (Å²) in [5, 5.41) is 1.25. The highest BCUT2D eigenvalue weighted by Crippen LogP contribution is 2.37. The molecule has 5 heteroatoms. The third-order valence-corrected chi connectivity index (χ3v) is 8.18. The van der Waals surface area contributed by atoms with Crippen molar-refractivity contribution in [1.82, 2.24) is 9.88 Å². The van der Waals surface area contributed by atoms with Crippen LogP contribution in [0.4, 0.5) is 11.4 Å². The van der Waals surface area contributed by atoms with Crippen molar-refractivity contribution in [3.63, 3.8) is 0 Å². The lowest BCUT2D eigenvalue weighted by Crippen LogP contribution is -2.42. The molecule has 2 aliphatic heterocycles. The van der Waals surface area contributed by atoms with Gasteiger partial charge in [0.1, 0.15) is 0 Å². The smallest absolute Gasteiger partial charge is 0.245 e. The zero-order chi connectivity index (χ0) is 22.2. The van der Waals surface area contributed by atoms with Crippen molar-refractivity contribution < 1.29 is 4.79 Å². The first-order valence-corrected chi connectivity index (χ1v) is 12.6. The van der Waals surface area contributed by atoms with Crippen LogP contribution in [-0.2, 0) is 17.6 Å². The van der Waals surface area contributed by atoms with Gasteiger partial charge >= 0.3 is 0 Å². The maximum atomic E-state index is 13.7. The molecule has 0 unspecified atom stereocenters. The van der Waals surface area contributed by atoms with Crippen molar-refractivity contribution in [2.75, 3.05) is 24.5 Å². The predicted octanol–water partition coefficient (Wildman–Crippen LogP) is 5.94. The van der Waals surface area contributed by atoms with Crippen LogP contribution in [0.2, 0.25) is 0 Å². The molecule has 33 heavy (non-hydrogen) atoms. The van der Waals surface area contributed by atoms with Gasteiger partial charge in [0.15, 0.2) is 0 Å². The molecule has 3 aromatic carbocycles. The van der Waals surface area contributed by atoms with Gasteiger partial charge in [0.2, 0.25) is 5.91 Å². The highest BCUT2D eigenvalue weighted by molar-refractivity contribution is 7.18. The second kappa shape index (κ2) is 8.73. The summed E-state index contributed by atoms with van der Waals surface area (Å²) < 4.78 is 1.27. The number of carbonyl (C=O) groups is 1. The largest absolute Gasteiger partial charge is 0.294 e. The number of carbonyl (C=O) groups excluding carboxylic acids is 1. The Hall–Kier alpha value is -3.02. The summed E-state index contributed by atoms with van der Waals surface area (Å²) in [7, 11) is 0. The van der Waals surface area contributed by atoms with E-state index in [9.17, 15) is 4.79 Å². The Morgan fingerprint density at radius 3 is 2.12 bits per heavy atom. The summed E-state index contributed by atoms with van der Waals surface area (Å²) in [6, 6.07) is 25.1. The van der Waals surface area contributed by atoms with Crippen LogP contribution >= 0.6 is 11.3 Å². The highest BCUT2D eigenvalue weighted by atomic mass is 32.1. The number of hydrogen-bond donors (Lipinski definition) is 0. The molecule has 4 nitrogen and oxygen atoms in total. The predicted molar refractivity (Wildman–Crippen MR) is 135 cm³/mol. The molecule has 2 aliphatic rings. The van der Waals surface area contributed by atoms with E-state index in [1.807, 2.05) is 28.4 Å².